The average molecular weight is 325 g/mol. The van der Waals surface area contributed by atoms with Crippen molar-refractivity contribution in [3.63, 3.8) is 0 Å². The summed E-state index contributed by atoms with van der Waals surface area (Å²) < 4.78 is 5.37. The van der Waals surface area contributed by atoms with Crippen LogP contribution in [0.2, 0.25) is 0 Å². The Kier molecular flexibility index (Phi) is 4.86. The van der Waals surface area contributed by atoms with E-state index in [-0.39, 0.29) is 17.9 Å². The molecule has 6 nitrogen and oxygen atoms in total. The number of nitrogens with one attached hydrogen (secondary N) is 1. The van der Waals surface area contributed by atoms with Crippen LogP contribution in [-0.2, 0) is 4.74 Å². The van der Waals surface area contributed by atoms with Crippen LogP contribution in [0.1, 0.15) is 27.6 Å². The molecule has 1 N–H and O–H groups in total. The van der Waals surface area contributed by atoms with E-state index in [0.29, 0.717) is 36.6 Å². The third-order valence-corrected chi connectivity index (χ3v) is 3.92. The molecule has 3 rings (SSSR count). The van der Waals surface area contributed by atoms with E-state index in [1.54, 1.807) is 47.5 Å². The number of carbonyl (C=O) groups is 2. The fraction of sp³-hybridized carbons (Fsp3) is 0.278. The van der Waals surface area contributed by atoms with Gasteiger partial charge in [0.05, 0.1) is 24.8 Å². The third-order valence-electron chi connectivity index (χ3n) is 3.92. The number of anilines is 1. The molecule has 1 saturated heterocycles. The van der Waals surface area contributed by atoms with Crippen LogP contribution in [-0.4, -0.2) is 47.5 Å². The number of benzene rings is 1. The number of hydrogen-bond donors (Lipinski definition) is 1. The second-order valence-electron chi connectivity index (χ2n) is 5.70. The van der Waals surface area contributed by atoms with E-state index in [9.17, 15) is 9.59 Å². The fourth-order valence-corrected chi connectivity index (χ4v) is 2.62. The van der Waals surface area contributed by atoms with Gasteiger partial charge in [0.2, 0.25) is 0 Å². The maximum Gasteiger partial charge on any atom is 0.257 e. The Morgan fingerprint density at radius 1 is 1.25 bits per heavy atom. The smallest absolute Gasteiger partial charge is 0.257 e. The molecule has 24 heavy (non-hydrogen) atoms. The quantitative estimate of drug-likeness (QED) is 0.939. The predicted octanol–water partition coefficient (Wildman–Crippen LogP) is 2.19. The van der Waals surface area contributed by atoms with Crippen LogP contribution < -0.4 is 5.32 Å². The Morgan fingerprint density at radius 3 is 2.83 bits per heavy atom. The molecular weight excluding hydrogens is 306 g/mol. The van der Waals surface area contributed by atoms with Gasteiger partial charge in [0, 0.05) is 30.2 Å². The molecule has 0 radical (unpaired) electrons. The summed E-state index contributed by atoms with van der Waals surface area (Å²) in [6.45, 7) is 3.63. The van der Waals surface area contributed by atoms with Crippen LogP contribution in [0.5, 0.6) is 0 Å². The van der Waals surface area contributed by atoms with E-state index in [0.717, 1.165) is 0 Å². The average Bonchev–Trinajstić information content (AvgIpc) is 2.62. The number of carbonyl (C=O) groups excluding carboxylic acids is 2. The summed E-state index contributed by atoms with van der Waals surface area (Å²) in [6.07, 6.45) is 3.11. The summed E-state index contributed by atoms with van der Waals surface area (Å²) in [6, 6.07) is 10.4. The number of morpholine rings is 1. The maximum atomic E-state index is 12.7. The van der Waals surface area contributed by atoms with Crippen LogP contribution in [0, 0.1) is 0 Å². The van der Waals surface area contributed by atoms with Crippen molar-refractivity contribution in [1.82, 2.24) is 9.88 Å². The molecule has 0 bridgehead atoms. The molecule has 124 valence electrons. The minimum absolute atomic E-state index is 0.0416. The summed E-state index contributed by atoms with van der Waals surface area (Å²) >= 11 is 0. The summed E-state index contributed by atoms with van der Waals surface area (Å²) in [5.41, 5.74) is 1.60. The molecule has 0 aliphatic carbocycles. The first-order valence-electron chi connectivity index (χ1n) is 7.85. The van der Waals surface area contributed by atoms with Crippen molar-refractivity contribution >= 4 is 17.5 Å². The molecule has 2 amide bonds. The Hall–Kier alpha value is -2.73. The third kappa shape index (κ3) is 3.60. The first kappa shape index (κ1) is 16.1. The molecule has 1 aliphatic rings. The van der Waals surface area contributed by atoms with Crippen LogP contribution in [0.15, 0.2) is 48.8 Å². The standard InChI is InChI=1S/C18H19N3O3/c1-13-12-24-9-8-21(13)18(23)14-4-2-6-16(10-14)20-17(22)15-5-3-7-19-11-15/h2-7,10-11,13H,8-9,12H2,1H3,(H,20,22). The van der Waals surface area contributed by atoms with E-state index in [4.69, 9.17) is 4.74 Å². The Morgan fingerprint density at radius 2 is 2.08 bits per heavy atom. The minimum Gasteiger partial charge on any atom is -0.377 e. The van der Waals surface area contributed by atoms with Gasteiger partial charge in [0.1, 0.15) is 0 Å². The Balaban J connectivity index is 1.74. The van der Waals surface area contributed by atoms with Gasteiger partial charge >= 0.3 is 0 Å². The number of ether oxygens (including phenoxy) is 1. The molecule has 1 aromatic heterocycles. The van der Waals surface area contributed by atoms with Crippen molar-refractivity contribution in [1.29, 1.82) is 0 Å². The van der Waals surface area contributed by atoms with E-state index < -0.39 is 0 Å². The van der Waals surface area contributed by atoms with Gasteiger partial charge in [-0.3, -0.25) is 14.6 Å². The first-order valence-corrected chi connectivity index (χ1v) is 7.85. The van der Waals surface area contributed by atoms with Crippen LogP contribution in [0.25, 0.3) is 0 Å². The molecule has 2 heterocycles. The number of amides is 2. The van der Waals surface area contributed by atoms with Crippen LogP contribution in [0.3, 0.4) is 0 Å². The fourth-order valence-electron chi connectivity index (χ4n) is 2.62. The lowest BCUT2D eigenvalue weighted by molar-refractivity contribution is 0.00359. The highest BCUT2D eigenvalue weighted by molar-refractivity contribution is 6.04. The molecule has 6 heteroatoms. The SMILES string of the molecule is CC1COCCN1C(=O)c1cccc(NC(=O)c2cccnc2)c1. The number of rotatable bonds is 3. The van der Waals surface area contributed by atoms with Crippen molar-refractivity contribution < 1.29 is 14.3 Å². The van der Waals surface area contributed by atoms with E-state index >= 15 is 0 Å². The van der Waals surface area contributed by atoms with Crippen molar-refractivity contribution in [3.05, 3.63) is 59.9 Å². The van der Waals surface area contributed by atoms with E-state index in [1.807, 2.05) is 6.92 Å². The van der Waals surface area contributed by atoms with Crippen molar-refractivity contribution in [3.8, 4) is 0 Å². The molecular formula is C18H19N3O3. The van der Waals surface area contributed by atoms with Gasteiger partial charge in [-0.25, -0.2) is 0 Å². The number of nitrogens with zero attached hydrogens (tertiary/aromatic N) is 2. The zero-order chi connectivity index (χ0) is 16.9. The Labute approximate surface area is 140 Å². The summed E-state index contributed by atoms with van der Waals surface area (Å²) in [5.74, 6) is -0.310. The minimum atomic E-state index is -0.257. The van der Waals surface area contributed by atoms with Crippen molar-refractivity contribution in [2.45, 2.75) is 13.0 Å². The Bertz CT molecular complexity index is 733. The van der Waals surface area contributed by atoms with Crippen molar-refractivity contribution in [2.75, 3.05) is 25.1 Å². The summed E-state index contributed by atoms with van der Waals surface area (Å²) in [4.78, 5) is 30.6. The number of hydrogen-bond acceptors (Lipinski definition) is 4. The molecule has 1 fully saturated rings. The highest BCUT2D eigenvalue weighted by atomic mass is 16.5. The summed E-state index contributed by atoms with van der Waals surface area (Å²) in [5, 5.41) is 2.79. The zero-order valence-electron chi connectivity index (χ0n) is 13.4. The highest BCUT2D eigenvalue weighted by Gasteiger charge is 2.24. The highest BCUT2D eigenvalue weighted by Crippen LogP contribution is 2.16. The molecule has 1 aromatic carbocycles. The second-order valence-corrected chi connectivity index (χ2v) is 5.70. The van der Waals surface area contributed by atoms with Gasteiger partial charge < -0.3 is 15.0 Å². The van der Waals surface area contributed by atoms with Crippen molar-refractivity contribution in [2.24, 2.45) is 0 Å². The lowest BCUT2D eigenvalue weighted by Gasteiger charge is -2.33. The van der Waals surface area contributed by atoms with Crippen LogP contribution >= 0.6 is 0 Å². The van der Waals surface area contributed by atoms with Gasteiger partial charge in [0.25, 0.3) is 11.8 Å². The largest absolute Gasteiger partial charge is 0.377 e. The molecule has 0 saturated carbocycles. The second kappa shape index (κ2) is 7.23. The molecule has 1 aliphatic heterocycles. The van der Waals surface area contributed by atoms with Crippen LogP contribution in [0.4, 0.5) is 5.69 Å². The molecule has 0 spiro atoms. The number of pyridine rings is 1. The lowest BCUT2D eigenvalue weighted by atomic mass is 10.1. The van der Waals surface area contributed by atoms with Gasteiger partial charge in [-0.2, -0.15) is 0 Å². The number of aromatic nitrogens is 1. The molecule has 1 atom stereocenters. The first-order chi connectivity index (χ1) is 11.6. The zero-order valence-corrected chi connectivity index (χ0v) is 13.4. The normalized spacial score (nSPS) is 17.4. The summed E-state index contributed by atoms with van der Waals surface area (Å²) in [7, 11) is 0. The van der Waals surface area contributed by atoms with Gasteiger partial charge in [-0.05, 0) is 37.3 Å². The predicted molar refractivity (Wildman–Crippen MR) is 89.9 cm³/mol. The molecule has 2 aromatic rings. The lowest BCUT2D eigenvalue weighted by Crippen LogP contribution is -2.47. The topological polar surface area (TPSA) is 71.5 Å². The maximum absolute atomic E-state index is 12.7. The van der Waals surface area contributed by atoms with Gasteiger partial charge in [0.15, 0.2) is 0 Å². The monoisotopic (exact) mass is 325 g/mol. The molecule has 1 unspecified atom stereocenters. The van der Waals surface area contributed by atoms with E-state index in [2.05, 4.69) is 10.3 Å². The van der Waals surface area contributed by atoms with Gasteiger partial charge in [-0.1, -0.05) is 6.07 Å². The van der Waals surface area contributed by atoms with Gasteiger partial charge in [-0.15, -0.1) is 0 Å². The van der Waals surface area contributed by atoms with E-state index in [1.165, 1.54) is 6.20 Å².